The van der Waals surface area contributed by atoms with Crippen LogP contribution in [0.5, 0.6) is 0 Å². The van der Waals surface area contributed by atoms with Gasteiger partial charge in [-0.1, -0.05) is 12.1 Å². The average molecular weight is 472 g/mol. The van der Waals surface area contributed by atoms with Crippen molar-refractivity contribution in [1.82, 2.24) is 24.7 Å². The summed E-state index contributed by atoms with van der Waals surface area (Å²) in [5, 5.41) is 12.3. The number of anilines is 1. The highest BCUT2D eigenvalue weighted by atomic mass is 33.2. The van der Waals surface area contributed by atoms with Crippen LogP contribution >= 0.6 is 25.2 Å². The van der Waals surface area contributed by atoms with Gasteiger partial charge in [0.2, 0.25) is 5.91 Å². The molecule has 2 unspecified atom stereocenters. The third-order valence-corrected chi connectivity index (χ3v) is 8.35. The van der Waals surface area contributed by atoms with E-state index in [0.29, 0.717) is 31.8 Å². The van der Waals surface area contributed by atoms with Crippen molar-refractivity contribution in [2.45, 2.75) is 11.3 Å². The molecule has 1 aliphatic rings. The molecule has 1 fully saturated rings. The molecule has 1 aromatic carbocycles. The van der Waals surface area contributed by atoms with Gasteiger partial charge in [-0.25, -0.2) is 0 Å². The zero-order valence-corrected chi connectivity index (χ0v) is 19.6. The van der Waals surface area contributed by atoms with E-state index in [4.69, 9.17) is 0 Å². The smallest absolute Gasteiger partial charge is 0.227 e. The van der Waals surface area contributed by atoms with E-state index < -0.39 is 8.31 Å². The summed E-state index contributed by atoms with van der Waals surface area (Å²) in [5.74, 6) is 0.802. The van der Waals surface area contributed by atoms with Gasteiger partial charge in [0, 0.05) is 37.3 Å². The van der Waals surface area contributed by atoms with E-state index in [9.17, 15) is 12.6 Å². The number of carbonyl (C=O) groups excluding carboxylic acids is 1. The second kappa shape index (κ2) is 6.81. The van der Waals surface area contributed by atoms with Crippen molar-refractivity contribution in [2.24, 2.45) is 0 Å². The van der Waals surface area contributed by atoms with Gasteiger partial charge < -0.3 is 9.80 Å². The van der Waals surface area contributed by atoms with E-state index in [2.05, 4.69) is 20.2 Å². The van der Waals surface area contributed by atoms with Gasteiger partial charge in [0.05, 0.1) is 6.42 Å². The van der Waals surface area contributed by atoms with E-state index >= 15 is 0 Å². The van der Waals surface area contributed by atoms with Crippen LogP contribution in [0.4, 0.5) is 13.6 Å². The lowest BCUT2D eigenvalue weighted by Crippen LogP contribution is -2.49. The normalized spacial score (nSPS) is 17.6. The van der Waals surface area contributed by atoms with Crippen molar-refractivity contribution in [3.05, 3.63) is 48.3 Å². The Morgan fingerprint density at radius 3 is 2.37 bits per heavy atom. The van der Waals surface area contributed by atoms with Gasteiger partial charge in [-0.05, 0) is 55.0 Å². The third kappa shape index (κ3) is 4.71. The minimum Gasteiger partial charge on any atom is -0.352 e. The second-order valence-electron chi connectivity index (χ2n) is 7.94. The Kier molecular flexibility index (Phi) is 4.84. The van der Waals surface area contributed by atoms with E-state index in [0.717, 1.165) is 17.6 Å². The summed E-state index contributed by atoms with van der Waals surface area (Å²) in [5.41, 5.74) is 1.41. The first-order valence-electron chi connectivity index (χ1n) is 9.34. The number of carbonyl (C=O) groups is 1. The molecule has 1 aliphatic heterocycles. The van der Waals surface area contributed by atoms with Crippen LogP contribution in [-0.2, 0) is 11.2 Å². The maximum Gasteiger partial charge on any atom is 0.227 e. The minimum atomic E-state index is -5.37. The van der Waals surface area contributed by atoms with Crippen LogP contribution in [0, 0.1) is 0 Å². The fraction of sp³-hybridized carbons (Fsp3) is 0.333. The summed E-state index contributed by atoms with van der Waals surface area (Å²) in [6.45, 7) is 2.49. The molecule has 0 spiro atoms. The van der Waals surface area contributed by atoms with Gasteiger partial charge in [0.15, 0.2) is 5.65 Å². The molecule has 1 amide bonds. The maximum absolute atomic E-state index is 14.7. The summed E-state index contributed by atoms with van der Waals surface area (Å²) in [4.78, 5) is 16.6. The topological polar surface area (TPSA) is 66.6 Å². The van der Waals surface area contributed by atoms with Gasteiger partial charge in [0.25, 0.3) is 0 Å². The number of rotatable bonds is 4. The Bertz CT molecular complexity index is 1100. The molecule has 7 nitrogen and oxygen atoms in total. The summed E-state index contributed by atoms with van der Waals surface area (Å²) in [6.07, 6.45) is 2.70. The van der Waals surface area contributed by atoms with Crippen molar-refractivity contribution in [1.29, 1.82) is 0 Å². The maximum atomic E-state index is 14.7. The molecule has 2 aromatic heterocycles. The molecular formula is C18H24F2N6OP2S. The zero-order chi connectivity index (χ0) is 21.6. The zero-order valence-electron chi connectivity index (χ0n) is 16.5. The second-order valence-corrected chi connectivity index (χ2v) is 21.9. The lowest BCUT2D eigenvalue weighted by molar-refractivity contribution is -0.130. The van der Waals surface area contributed by atoms with Crippen molar-refractivity contribution in [2.75, 3.05) is 37.3 Å². The van der Waals surface area contributed by atoms with Crippen molar-refractivity contribution in [3.8, 4) is 0 Å². The van der Waals surface area contributed by atoms with Crippen molar-refractivity contribution < 1.29 is 12.6 Å². The van der Waals surface area contributed by atoms with Crippen molar-refractivity contribution in [3.63, 3.8) is 0 Å². The number of aromatic nitrogens is 4. The van der Waals surface area contributed by atoms with Gasteiger partial charge >= 0.3 is 0 Å². The predicted molar refractivity (Wildman–Crippen MR) is 123 cm³/mol. The Labute approximate surface area is 177 Å². The molecule has 0 saturated carbocycles. The standard InChI is InChI=1S/C18H24F2N6OP2S/c1-30(19,20,28,29)15-4-2-14(3-5-15)12-18(27)25-10-8-24(9-11-25)17-7-6-16-22-21-13-26(16)23-17/h2-7,13H,8-12,28-29H2,1H3. The van der Waals surface area contributed by atoms with Crippen LogP contribution in [0.25, 0.3) is 5.65 Å². The number of piperazine rings is 1. The van der Waals surface area contributed by atoms with Crippen molar-refractivity contribution >= 4 is 42.6 Å². The van der Waals surface area contributed by atoms with E-state index in [1.165, 1.54) is 12.1 Å². The minimum absolute atomic E-state index is 0.00976. The molecule has 0 radical (unpaired) electrons. The van der Waals surface area contributed by atoms with Crippen LogP contribution in [-0.4, -0.2) is 63.1 Å². The van der Waals surface area contributed by atoms with Gasteiger partial charge in [-0.2, -0.15) is 12.3 Å². The lowest BCUT2D eigenvalue weighted by atomic mass is 10.1. The molecular weight excluding hydrogens is 448 g/mol. The first-order valence-corrected chi connectivity index (χ1v) is 14.9. The molecule has 30 heavy (non-hydrogen) atoms. The molecule has 0 bridgehead atoms. The molecule has 0 aliphatic carbocycles. The summed E-state index contributed by atoms with van der Waals surface area (Å²) in [6, 6.07) is 9.80. The summed E-state index contributed by atoms with van der Waals surface area (Å²) < 4.78 is 31.0. The quantitative estimate of drug-likeness (QED) is 0.546. The first-order chi connectivity index (χ1) is 13.9. The monoisotopic (exact) mass is 472 g/mol. The number of halogens is 2. The van der Waals surface area contributed by atoms with Crippen LogP contribution in [0.3, 0.4) is 0 Å². The largest absolute Gasteiger partial charge is 0.352 e. The third-order valence-electron chi connectivity index (χ3n) is 5.07. The lowest BCUT2D eigenvalue weighted by Gasteiger charge is -2.55. The number of hydrogen-bond acceptors (Lipinski definition) is 5. The average Bonchev–Trinajstić information content (AvgIpc) is 3.14. The molecule has 0 N–H and O–H groups in total. The van der Waals surface area contributed by atoms with Gasteiger partial charge in [0.1, 0.15) is 12.1 Å². The highest BCUT2D eigenvalue weighted by Gasteiger charge is 2.48. The highest BCUT2D eigenvalue weighted by Crippen LogP contribution is 3.06. The summed E-state index contributed by atoms with van der Waals surface area (Å²) >= 11 is 0. The molecule has 2 atom stereocenters. The Hall–Kier alpha value is -1.89. The molecule has 3 heterocycles. The molecule has 3 aromatic rings. The highest BCUT2D eigenvalue weighted by molar-refractivity contribution is 9.09. The van der Waals surface area contributed by atoms with E-state index in [1.54, 1.807) is 44.8 Å². The Morgan fingerprint density at radius 2 is 1.73 bits per heavy atom. The molecule has 1 saturated heterocycles. The number of fused-ring (bicyclic) bond motifs is 1. The van der Waals surface area contributed by atoms with E-state index in [1.807, 2.05) is 12.1 Å². The molecule has 4 rings (SSSR count). The van der Waals surface area contributed by atoms with Crippen LogP contribution in [0.1, 0.15) is 5.56 Å². The van der Waals surface area contributed by atoms with E-state index in [-0.39, 0.29) is 17.2 Å². The molecule has 162 valence electrons. The molecule has 12 heteroatoms. The fourth-order valence-electron chi connectivity index (χ4n) is 3.36. The predicted octanol–water partition coefficient (Wildman–Crippen LogP) is 3.23. The van der Waals surface area contributed by atoms with Crippen LogP contribution in [0.15, 0.2) is 47.6 Å². The Morgan fingerprint density at radius 1 is 1.07 bits per heavy atom. The number of amides is 1. The Balaban J connectivity index is 1.36. The first kappa shape index (κ1) is 21.3. The fourth-order valence-corrected chi connectivity index (χ4v) is 5.23. The SMILES string of the molecule is CS(F)(F)(P)(P)c1ccc(CC(=O)N2CCN(c3ccc4nncn4n3)CC2)cc1. The number of nitrogens with zero attached hydrogens (tertiary/aromatic N) is 6. The van der Waals surface area contributed by atoms with Gasteiger partial charge in [-0.3, -0.25) is 4.79 Å². The van der Waals surface area contributed by atoms with Crippen LogP contribution in [0.2, 0.25) is 0 Å². The van der Waals surface area contributed by atoms with Crippen LogP contribution < -0.4 is 4.90 Å². The van der Waals surface area contributed by atoms with Gasteiger partial charge in [-0.15, -0.1) is 15.3 Å². The number of benzene rings is 1. The summed E-state index contributed by atoms with van der Waals surface area (Å²) in [7, 11) is -1.94. The number of hydrogen-bond donors (Lipinski definition) is 0.